The van der Waals surface area contributed by atoms with Gasteiger partial charge < -0.3 is 15.5 Å². The Morgan fingerprint density at radius 2 is 2.07 bits per heavy atom. The van der Waals surface area contributed by atoms with Gasteiger partial charge in [0, 0.05) is 36.0 Å². The number of hydrogen-bond donors (Lipinski definition) is 2. The molecular formula is C18H25ClN4O4S2. The number of thiophene rings is 1. The lowest BCUT2D eigenvalue weighted by atomic mass is 10.1. The van der Waals surface area contributed by atoms with Crippen LogP contribution < -0.4 is 10.5 Å². The molecule has 0 radical (unpaired) electrons. The van der Waals surface area contributed by atoms with Crippen LogP contribution in [0, 0.1) is 0 Å². The molecule has 160 valence electrons. The van der Waals surface area contributed by atoms with Crippen LogP contribution in [0.5, 0.6) is 0 Å². The van der Waals surface area contributed by atoms with Crippen molar-refractivity contribution >= 4 is 50.9 Å². The van der Waals surface area contributed by atoms with Gasteiger partial charge in [0.25, 0.3) is 0 Å². The van der Waals surface area contributed by atoms with Gasteiger partial charge in [0.05, 0.1) is 10.9 Å². The third-order valence-corrected chi connectivity index (χ3v) is 7.44. The van der Waals surface area contributed by atoms with Crippen molar-refractivity contribution in [3.05, 3.63) is 26.8 Å². The molecule has 0 aliphatic carbocycles. The molecule has 0 bridgehead atoms. The number of carbonyl (C=O) groups excluding carboxylic acids is 2. The van der Waals surface area contributed by atoms with E-state index in [9.17, 15) is 18.0 Å². The quantitative estimate of drug-likeness (QED) is 0.635. The van der Waals surface area contributed by atoms with E-state index >= 15 is 0 Å². The highest BCUT2D eigenvalue weighted by atomic mass is 35.5. The van der Waals surface area contributed by atoms with Gasteiger partial charge in [-0.3, -0.25) is 9.59 Å². The summed E-state index contributed by atoms with van der Waals surface area (Å²) >= 11 is 7.10. The second-order valence-electron chi connectivity index (χ2n) is 7.18. The van der Waals surface area contributed by atoms with Crippen LogP contribution in [0.2, 0.25) is 4.34 Å². The van der Waals surface area contributed by atoms with Crippen LogP contribution in [0.25, 0.3) is 6.08 Å². The summed E-state index contributed by atoms with van der Waals surface area (Å²) in [5, 5.41) is 1.03. The number of rotatable bonds is 7. The highest BCUT2D eigenvalue weighted by molar-refractivity contribution is 7.92. The monoisotopic (exact) mass is 460 g/mol. The topological polar surface area (TPSA) is 113 Å². The summed E-state index contributed by atoms with van der Waals surface area (Å²) in [5.41, 5.74) is 5.72. The number of amides is 2. The molecule has 0 aromatic carbocycles. The zero-order valence-electron chi connectivity index (χ0n) is 15.9. The number of sulfonamides is 1. The summed E-state index contributed by atoms with van der Waals surface area (Å²) in [4.78, 5) is 29.2. The number of nitrogens with one attached hydrogen (secondary N) is 1. The number of piperidine rings is 1. The van der Waals surface area contributed by atoms with Gasteiger partial charge >= 0.3 is 0 Å². The van der Waals surface area contributed by atoms with Gasteiger partial charge in [-0.2, -0.15) is 4.72 Å². The minimum atomic E-state index is -3.81. The summed E-state index contributed by atoms with van der Waals surface area (Å²) in [6.45, 7) is 1.45. The average molecular weight is 461 g/mol. The van der Waals surface area contributed by atoms with Gasteiger partial charge in [-0.05, 0) is 43.9 Å². The predicted octanol–water partition coefficient (Wildman–Crippen LogP) is 1.23. The van der Waals surface area contributed by atoms with E-state index in [1.807, 2.05) is 0 Å². The molecule has 3 heterocycles. The molecule has 2 saturated heterocycles. The van der Waals surface area contributed by atoms with Crippen LogP contribution in [0.3, 0.4) is 0 Å². The highest BCUT2D eigenvalue weighted by Gasteiger charge is 2.34. The van der Waals surface area contributed by atoms with Gasteiger partial charge in [0.15, 0.2) is 0 Å². The van der Waals surface area contributed by atoms with Gasteiger partial charge in [0.2, 0.25) is 21.8 Å². The second kappa shape index (κ2) is 9.57. The van der Waals surface area contributed by atoms with Crippen LogP contribution in [-0.4, -0.2) is 68.3 Å². The molecule has 2 fully saturated rings. The fraction of sp³-hybridized carbons (Fsp3) is 0.556. The van der Waals surface area contributed by atoms with Crippen molar-refractivity contribution in [1.29, 1.82) is 0 Å². The third kappa shape index (κ3) is 5.79. The lowest BCUT2D eigenvalue weighted by molar-refractivity contribution is -0.143. The molecular weight excluding hydrogens is 436 g/mol. The van der Waals surface area contributed by atoms with Crippen LogP contribution in [-0.2, 0) is 19.6 Å². The van der Waals surface area contributed by atoms with Gasteiger partial charge in [-0.25, -0.2) is 8.42 Å². The lowest BCUT2D eigenvalue weighted by Crippen LogP contribution is -2.55. The van der Waals surface area contributed by atoms with Gasteiger partial charge in [0.1, 0.15) is 6.04 Å². The Kier molecular flexibility index (Phi) is 7.33. The Hall–Kier alpha value is -1.46. The van der Waals surface area contributed by atoms with Crippen molar-refractivity contribution in [1.82, 2.24) is 14.5 Å². The maximum Gasteiger partial charge on any atom is 0.242 e. The van der Waals surface area contributed by atoms with E-state index in [1.54, 1.807) is 17.0 Å². The highest BCUT2D eigenvalue weighted by Crippen LogP contribution is 2.23. The first-order valence-electron chi connectivity index (χ1n) is 9.53. The molecule has 8 nitrogen and oxygen atoms in total. The fourth-order valence-electron chi connectivity index (χ4n) is 3.68. The number of halogens is 1. The summed E-state index contributed by atoms with van der Waals surface area (Å²) in [6.07, 6.45) is 4.24. The standard InChI is InChI=1S/C18H25ClN4O4S2/c19-16-6-5-14(28-16)7-10-29(26,27)21-15-4-2-8-22(18(15)25)12-17(24)23-9-1-3-13(23)11-20/h5-7,10,13,15,21H,1-4,8-9,11-12,20H2/t13-,15+/m1/s1. The summed E-state index contributed by atoms with van der Waals surface area (Å²) < 4.78 is 27.7. The molecule has 0 spiro atoms. The smallest absolute Gasteiger partial charge is 0.242 e. The van der Waals surface area contributed by atoms with E-state index in [4.69, 9.17) is 17.3 Å². The molecule has 2 aliphatic rings. The zero-order chi connectivity index (χ0) is 21.0. The Labute approximate surface area is 179 Å². The summed E-state index contributed by atoms with van der Waals surface area (Å²) in [5.74, 6) is -0.506. The number of nitrogens with zero attached hydrogens (tertiary/aromatic N) is 2. The first-order valence-corrected chi connectivity index (χ1v) is 12.3. The maximum absolute atomic E-state index is 12.7. The molecule has 2 atom stereocenters. The Morgan fingerprint density at radius 3 is 2.76 bits per heavy atom. The Bertz CT molecular complexity index is 886. The van der Waals surface area contributed by atoms with E-state index in [1.165, 1.54) is 22.3 Å². The van der Waals surface area contributed by atoms with E-state index in [0.717, 1.165) is 18.2 Å². The van der Waals surface area contributed by atoms with Crippen LogP contribution in [0.1, 0.15) is 30.6 Å². The molecule has 0 unspecified atom stereocenters. The minimum Gasteiger partial charge on any atom is -0.337 e. The van der Waals surface area contributed by atoms with Crippen LogP contribution in [0.4, 0.5) is 0 Å². The van der Waals surface area contributed by atoms with Crippen LogP contribution in [0.15, 0.2) is 17.5 Å². The lowest BCUT2D eigenvalue weighted by Gasteiger charge is -2.33. The molecule has 3 rings (SSSR count). The van der Waals surface area contributed by atoms with E-state index in [-0.39, 0.29) is 24.4 Å². The number of nitrogens with two attached hydrogens (primary N) is 1. The molecule has 29 heavy (non-hydrogen) atoms. The molecule has 1 aromatic rings. The van der Waals surface area contributed by atoms with Crippen molar-refractivity contribution in [2.75, 3.05) is 26.2 Å². The molecule has 2 amide bonds. The van der Waals surface area contributed by atoms with Gasteiger partial charge in [-0.15, -0.1) is 11.3 Å². The van der Waals surface area contributed by atoms with Crippen molar-refractivity contribution < 1.29 is 18.0 Å². The Balaban J connectivity index is 1.60. The zero-order valence-corrected chi connectivity index (χ0v) is 18.3. The summed E-state index contributed by atoms with van der Waals surface area (Å²) in [7, 11) is -3.81. The van der Waals surface area contributed by atoms with Gasteiger partial charge in [-0.1, -0.05) is 11.6 Å². The van der Waals surface area contributed by atoms with Crippen molar-refractivity contribution in [3.63, 3.8) is 0 Å². The predicted molar refractivity (Wildman–Crippen MR) is 114 cm³/mol. The van der Waals surface area contributed by atoms with E-state index in [2.05, 4.69) is 4.72 Å². The largest absolute Gasteiger partial charge is 0.337 e. The normalized spacial score (nSPS) is 23.3. The van der Waals surface area contributed by atoms with E-state index in [0.29, 0.717) is 41.7 Å². The number of likely N-dealkylation sites (tertiary alicyclic amines) is 2. The maximum atomic E-state index is 12.7. The molecule has 11 heteroatoms. The Morgan fingerprint density at radius 1 is 1.31 bits per heavy atom. The van der Waals surface area contributed by atoms with Crippen molar-refractivity contribution in [3.8, 4) is 0 Å². The average Bonchev–Trinajstić information content (AvgIpc) is 3.32. The molecule has 1 aromatic heterocycles. The molecule has 2 aliphatic heterocycles. The minimum absolute atomic E-state index is 0.0209. The SMILES string of the molecule is NC[C@H]1CCCN1C(=O)CN1CCC[C@H](NS(=O)(=O)C=Cc2ccc(Cl)s2)C1=O. The van der Waals surface area contributed by atoms with Crippen molar-refractivity contribution in [2.24, 2.45) is 5.73 Å². The molecule has 0 saturated carbocycles. The summed E-state index contributed by atoms with van der Waals surface area (Å²) in [6, 6.07) is 2.54. The van der Waals surface area contributed by atoms with E-state index < -0.39 is 16.1 Å². The first-order chi connectivity index (χ1) is 13.8. The van der Waals surface area contributed by atoms with Crippen LogP contribution >= 0.6 is 22.9 Å². The fourth-order valence-corrected chi connectivity index (χ4v) is 5.75. The first kappa shape index (κ1) is 22.2. The molecule has 3 N–H and O–H groups in total. The second-order valence-corrected chi connectivity index (χ2v) is 10.5. The number of hydrogen-bond acceptors (Lipinski definition) is 6. The van der Waals surface area contributed by atoms with Crippen molar-refractivity contribution in [2.45, 2.75) is 37.8 Å². The number of carbonyl (C=O) groups is 2. The third-order valence-electron chi connectivity index (χ3n) is 5.14.